The van der Waals surface area contributed by atoms with Crippen LogP contribution in [-0.2, 0) is 0 Å². The van der Waals surface area contributed by atoms with Crippen molar-refractivity contribution in [1.29, 1.82) is 0 Å². The second kappa shape index (κ2) is 6.45. The second-order valence-corrected chi connectivity index (χ2v) is 10.6. The van der Waals surface area contributed by atoms with Gasteiger partial charge in [0.1, 0.15) is 0 Å². The number of allylic oxidation sites excluding steroid dienone is 4. The maximum Gasteiger partial charge on any atom is 0.306 e. The molecule has 0 saturated carbocycles. The van der Waals surface area contributed by atoms with E-state index in [1.54, 1.807) is 10.0 Å². The van der Waals surface area contributed by atoms with E-state index in [0.29, 0.717) is 5.41 Å². The van der Waals surface area contributed by atoms with Crippen LogP contribution in [0.2, 0.25) is 10.6 Å². The minimum Gasteiger partial charge on any atom is -0.112 e. The largest absolute Gasteiger partial charge is 0.306 e. The number of hydrogen-bond donors (Lipinski definition) is 0. The van der Waals surface area contributed by atoms with Gasteiger partial charge in [0.05, 0.1) is 0 Å². The van der Waals surface area contributed by atoms with Crippen LogP contribution < -0.4 is 0 Å². The van der Waals surface area contributed by atoms with Crippen LogP contribution in [0.1, 0.15) is 54.9 Å². The van der Waals surface area contributed by atoms with Gasteiger partial charge in [0.25, 0.3) is 0 Å². The average Bonchev–Trinajstić information content (AvgIpc) is 2.13. The summed E-state index contributed by atoms with van der Waals surface area (Å²) in [5.41, 5.74) is 2.06. The molecule has 0 fully saturated rings. The Hall–Kier alpha value is 0.0125. The third kappa shape index (κ3) is 4.95. The molecule has 0 aliphatic heterocycles. The van der Waals surface area contributed by atoms with Crippen molar-refractivity contribution in [2.75, 3.05) is 0 Å². The average molecular weight is 262 g/mol. The quantitative estimate of drug-likeness (QED) is 0.563. The van der Waals surface area contributed by atoms with Crippen molar-refractivity contribution in [3.63, 3.8) is 0 Å². The lowest BCUT2D eigenvalue weighted by atomic mass is 9.82. The summed E-state index contributed by atoms with van der Waals surface area (Å²) in [7, 11) is 0. The van der Waals surface area contributed by atoms with Crippen LogP contribution in [0.15, 0.2) is 22.2 Å². The maximum atomic E-state index is 2.49. The smallest absolute Gasteiger partial charge is 0.112 e. The van der Waals surface area contributed by atoms with Gasteiger partial charge in [-0.2, -0.15) is 0 Å². The lowest BCUT2D eigenvalue weighted by Crippen LogP contribution is -2.25. The standard InChI is InChI=1S/C9H13.2C4H9.Al/c1-8-5-4-6-9(2,3)7-8;2*1-4(2)3;/h4,6H,7H2,1-3H3;2*4H,1H2,2-3H3;. The maximum absolute atomic E-state index is 2.49. The van der Waals surface area contributed by atoms with E-state index in [0.717, 1.165) is 11.8 Å². The van der Waals surface area contributed by atoms with E-state index in [1.165, 1.54) is 17.0 Å². The Labute approximate surface area is 119 Å². The summed E-state index contributed by atoms with van der Waals surface area (Å²) in [5.74, 6) is 1.70. The molecule has 102 valence electrons. The molecular weight excluding hydrogens is 231 g/mol. The fourth-order valence-electron chi connectivity index (χ4n) is 3.27. The molecule has 1 aliphatic carbocycles. The molecular formula is C17H31Al. The highest BCUT2D eigenvalue weighted by molar-refractivity contribution is 6.67. The van der Waals surface area contributed by atoms with Gasteiger partial charge in [0.15, 0.2) is 0 Å². The SMILES string of the molecule is CC1=[C]([Al]([CH2]C(C)C)[CH2]C(C)C)C=CC(C)(C)C1. The van der Waals surface area contributed by atoms with E-state index in [2.05, 4.69) is 60.6 Å². The summed E-state index contributed by atoms with van der Waals surface area (Å²) < 4.78 is 1.77. The fourth-order valence-corrected chi connectivity index (χ4v) is 7.42. The van der Waals surface area contributed by atoms with E-state index < -0.39 is 14.1 Å². The first-order valence-electron chi connectivity index (χ1n) is 7.60. The molecule has 0 aromatic carbocycles. The summed E-state index contributed by atoms with van der Waals surface area (Å²) in [6, 6.07) is 0. The third-order valence-electron chi connectivity index (χ3n) is 3.88. The normalized spacial score (nSPS) is 18.9. The Morgan fingerprint density at radius 1 is 1.11 bits per heavy atom. The first-order chi connectivity index (χ1) is 8.21. The van der Waals surface area contributed by atoms with Crippen LogP contribution >= 0.6 is 0 Å². The summed E-state index contributed by atoms with van der Waals surface area (Å²) in [5, 5.41) is 2.94. The summed E-state index contributed by atoms with van der Waals surface area (Å²) in [6.45, 7) is 16.6. The van der Waals surface area contributed by atoms with E-state index in [1.807, 2.05) is 0 Å². The van der Waals surface area contributed by atoms with Crippen LogP contribution in [0, 0.1) is 17.3 Å². The van der Waals surface area contributed by atoms with Gasteiger partial charge in [-0.25, -0.2) is 0 Å². The molecule has 0 radical (unpaired) electrons. The molecule has 0 spiro atoms. The van der Waals surface area contributed by atoms with Gasteiger partial charge in [-0.15, -0.1) is 4.44 Å². The number of rotatable bonds is 5. The van der Waals surface area contributed by atoms with Crippen LogP contribution in [0.4, 0.5) is 0 Å². The Bertz CT molecular complexity index is 322. The Balaban J connectivity index is 2.89. The zero-order valence-corrected chi connectivity index (χ0v) is 14.7. The molecule has 0 atom stereocenters. The topological polar surface area (TPSA) is 0 Å². The molecule has 0 aromatic heterocycles. The van der Waals surface area contributed by atoms with E-state index in [-0.39, 0.29) is 0 Å². The van der Waals surface area contributed by atoms with Gasteiger partial charge in [-0.1, -0.05) is 81.7 Å². The van der Waals surface area contributed by atoms with Crippen molar-refractivity contribution in [3.05, 3.63) is 22.2 Å². The molecule has 0 nitrogen and oxygen atoms in total. The van der Waals surface area contributed by atoms with Gasteiger partial charge in [-0.3, -0.25) is 0 Å². The Kier molecular flexibility index (Phi) is 5.75. The lowest BCUT2D eigenvalue weighted by Gasteiger charge is -2.30. The first-order valence-corrected chi connectivity index (χ1v) is 9.81. The highest BCUT2D eigenvalue weighted by Crippen LogP contribution is 2.36. The van der Waals surface area contributed by atoms with Gasteiger partial charge >= 0.3 is 14.1 Å². The lowest BCUT2D eigenvalue weighted by molar-refractivity contribution is 0.469. The van der Waals surface area contributed by atoms with Crippen molar-refractivity contribution >= 4 is 14.1 Å². The zero-order chi connectivity index (χ0) is 13.9. The van der Waals surface area contributed by atoms with E-state index in [9.17, 15) is 0 Å². The second-order valence-electron chi connectivity index (χ2n) is 7.69. The predicted molar refractivity (Wildman–Crippen MR) is 85.3 cm³/mol. The van der Waals surface area contributed by atoms with E-state index in [4.69, 9.17) is 0 Å². The summed E-state index contributed by atoms with van der Waals surface area (Å²) >= 11 is -0.754. The van der Waals surface area contributed by atoms with Gasteiger partial charge in [-0.05, 0) is 18.8 Å². The molecule has 0 aromatic rings. The monoisotopic (exact) mass is 262 g/mol. The molecule has 1 aliphatic rings. The Morgan fingerprint density at radius 2 is 1.61 bits per heavy atom. The van der Waals surface area contributed by atoms with Gasteiger partial charge in [0.2, 0.25) is 0 Å². The van der Waals surface area contributed by atoms with Crippen molar-refractivity contribution < 1.29 is 0 Å². The molecule has 0 saturated heterocycles. The molecule has 1 heteroatoms. The van der Waals surface area contributed by atoms with Gasteiger partial charge in [0, 0.05) is 0 Å². The molecule has 0 heterocycles. The molecule has 1 rings (SSSR count). The molecule has 0 unspecified atom stereocenters. The molecule has 18 heavy (non-hydrogen) atoms. The predicted octanol–water partition coefficient (Wildman–Crippen LogP) is 5.64. The minimum absolute atomic E-state index is 0.377. The summed E-state index contributed by atoms with van der Waals surface area (Å²) in [4.78, 5) is 0. The van der Waals surface area contributed by atoms with Crippen molar-refractivity contribution in [1.82, 2.24) is 0 Å². The van der Waals surface area contributed by atoms with Crippen molar-refractivity contribution in [2.45, 2.75) is 65.5 Å². The van der Waals surface area contributed by atoms with Gasteiger partial charge < -0.3 is 0 Å². The highest BCUT2D eigenvalue weighted by Gasteiger charge is 2.28. The highest BCUT2D eigenvalue weighted by atomic mass is 27.2. The molecule has 0 N–H and O–H groups in total. The minimum atomic E-state index is -0.754. The Morgan fingerprint density at radius 3 is 2.00 bits per heavy atom. The van der Waals surface area contributed by atoms with Crippen LogP contribution in [0.25, 0.3) is 0 Å². The number of hydrogen-bond acceptors (Lipinski definition) is 0. The summed E-state index contributed by atoms with van der Waals surface area (Å²) in [6.07, 6.45) is 6.20. The molecule has 0 amide bonds. The fraction of sp³-hybridized carbons (Fsp3) is 0.765. The van der Waals surface area contributed by atoms with Crippen LogP contribution in [-0.4, -0.2) is 14.1 Å². The third-order valence-corrected chi connectivity index (χ3v) is 8.47. The van der Waals surface area contributed by atoms with Crippen LogP contribution in [0.3, 0.4) is 0 Å². The first kappa shape index (κ1) is 16.1. The van der Waals surface area contributed by atoms with Crippen molar-refractivity contribution in [2.24, 2.45) is 17.3 Å². The zero-order valence-electron chi connectivity index (χ0n) is 13.5. The molecule has 0 bridgehead atoms. The van der Waals surface area contributed by atoms with Crippen LogP contribution in [0.5, 0.6) is 0 Å². The van der Waals surface area contributed by atoms with Crippen molar-refractivity contribution in [3.8, 4) is 0 Å². The van der Waals surface area contributed by atoms with E-state index >= 15 is 0 Å².